The van der Waals surface area contributed by atoms with Gasteiger partial charge in [0, 0.05) is 37.0 Å². The third-order valence-corrected chi connectivity index (χ3v) is 5.81. The molecule has 1 fully saturated rings. The van der Waals surface area contributed by atoms with Crippen molar-refractivity contribution >= 4 is 23.0 Å². The standard InChI is InChI=1S/C24H23N5O2/c30-23(11-10-18-16-25-28(17-18)19-6-2-1-3-7-19)27-14-12-20(13-15-27)29-22-9-5-4-8-21(22)26-24(29)31/h1-11,16-17,20H,12-15H2,(H,26,31)/b11-10+. The zero-order valence-electron chi connectivity index (χ0n) is 17.0. The highest BCUT2D eigenvalue weighted by Gasteiger charge is 2.25. The molecular formula is C24H23N5O2. The van der Waals surface area contributed by atoms with Crippen LogP contribution in [-0.4, -0.2) is 43.2 Å². The lowest BCUT2D eigenvalue weighted by atomic mass is 10.0. The zero-order chi connectivity index (χ0) is 21.2. The molecule has 0 unspecified atom stereocenters. The van der Waals surface area contributed by atoms with Crippen molar-refractivity contribution in [3.8, 4) is 5.69 Å². The molecular weight excluding hydrogens is 390 g/mol. The van der Waals surface area contributed by atoms with Crippen molar-refractivity contribution in [1.29, 1.82) is 0 Å². The second-order valence-corrected chi connectivity index (χ2v) is 7.76. The van der Waals surface area contributed by atoms with Crippen molar-refractivity contribution in [3.63, 3.8) is 0 Å². The molecule has 156 valence electrons. The van der Waals surface area contributed by atoms with E-state index in [4.69, 9.17) is 0 Å². The molecule has 1 aliphatic heterocycles. The summed E-state index contributed by atoms with van der Waals surface area (Å²) in [6.07, 6.45) is 8.55. The molecule has 2 aromatic carbocycles. The van der Waals surface area contributed by atoms with Crippen LogP contribution in [-0.2, 0) is 4.79 Å². The van der Waals surface area contributed by atoms with Crippen LogP contribution in [0.1, 0.15) is 24.4 Å². The van der Waals surface area contributed by atoms with Gasteiger partial charge in [-0.05, 0) is 43.2 Å². The maximum absolute atomic E-state index is 12.7. The van der Waals surface area contributed by atoms with Crippen molar-refractivity contribution in [2.45, 2.75) is 18.9 Å². The number of carbonyl (C=O) groups excluding carboxylic acids is 1. The Morgan fingerprint density at radius 3 is 2.58 bits per heavy atom. The Labute approximate surface area is 179 Å². The number of hydrogen-bond donors (Lipinski definition) is 1. The predicted octanol–water partition coefficient (Wildman–Crippen LogP) is 3.39. The van der Waals surface area contributed by atoms with Crippen LogP contribution in [0.4, 0.5) is 0 Å². The summed E-state index contributed by atoms with van der Waals surface area (Å²) in [6, 6.07) is 17.7. The molecule has 0 aliphatic carbocycles. The topological polar surface area (TPSA) is 75.9 Å². The summed E-state index contributed by atoms with van der Waals surface area (Å²) in [5.41, 5.74) is 3.54. The fourth-order valence-corrected chi connectivity index (χ4v) is 4.20. The summed E-state index contributed by atoms with van der Waals surface area (Å²) in [4.78, 5) is 29.8. The van der Waals surface area contributed by atoms with Crippen LogP contribution in [0.3, 0.4) is 0 Å². The van der Waals surface area contributed by atoms with E-state index in [0.717, 1.165) is 35.1 Å². The van der Waals surface area contributed by atoms with Crippen LogP contribution >= 0.6 is 0 Å². The SMILES string of the molecule is O=C(/C=C/c1cnn(-c2ccccc2)c1)N1CCC(n2c(=O)[nH]c3ccccc32)CC1. The molecule has 5 rings (SSSR count). The van der Waals surface area contributed by atoms with Gasteiger partial charge in [0.1, 0.15) is 0 Å². The van der Waals surface area contributed by atoms with E-state index in [1.165, 1.54) is 0 Å². The van der Waals surface area contributed by atoms with Gasteiger partial charge in [-0.25, -0.2) is 9.48 Å². The molecule has 1 N–H and O–H groups in total. The average Bonchev–Trinajstić information content (AvgIpc) is 3.42. The maximum atomic E-state index is 12.7. The minimum atomic E-state index is -0.0821. The molecule has 2 aromatic heterocycles. The van der Waals surface area contributed by atoms with Crippen molar-refractivity contribution in [2.24, 2.45) is 0 Å². The first-order valence-electron chi connectivity index (χ1n) is 10.5. The van der Waals surface area contributed by atoms with E-state index in [-0.39, 0.29) is 17.6 Å². The lowest BCUT2D eigenvalue weighted by Gasteiger charge is -2.32. The molecule has 4 aromatic rings. The average molecular weight is 413 g/mol. The van der Waals surface area contributed by atoms with Gasteiger partial charge in [0.2, 0.25) is 5.91 Å². The molecule has 31 heavy (non-hydrogen) atoms. The Balaban J connectivity index is 1.23. The van der Waals surface area contributed by atoms with Crippen molar-refractivity contribution < 1.29 is 4.79 Å². The highest BCUT2D eigenvalue weighted by atomic mass is 16.2. The number of aromatic amines is 1. The van der Waals surface area contributed by atoms with E-state index in [0.29, 0.717) is 13.1 Å². The number of rotatable bonds is 4. The number of fused-ring (bicyclic) bond motifs is 1. The van der Waals surface area contributed by atoms with Gasteiger partial charge < -0.3 is 9.88 Å². The largest absolute Gasteiger partial charge is 0.339 e. The Kier molecular flexibility index (Phi) is 5.00. The minimum absolute atomic E-state index is 0.0165. The van der Waals surface area contributed by atoms with Gasteiger partial charge >= 0.3 is 5.69 Å². The first-order chi connectivity index (χ1) is 15.2. The number of amides is 1. The number of nitrogens with one attached hydrogen (secondary N) is 1. The molecule has 7 nitrogen and oxygen atoms in total. The molecule has 0 spiro atoms. The molecule has 1 amide bonds. The highest BCUT2D eigenvalue weighted by Crippen LogP contribution is 2.25. The summed E-state index contributed by atoms with van der Waals surface area (Å²) >= 11 is 0. The molecule has 0 saturated carbocycles. The number of imidazole rings is 1. The predicted molar refractivity (Wildman–Crippen MR) is 120 cm³/mol. The first kappa shape index (κ1) is 19.1. The Bertz CT molecular complexity index is 1290. The Morgan fingerprint density at radius 1 is 1.03 bits per heavy atom. The fourth-order valence-electron chi connectivity index (χ4n) is 4.20. The molecule has 1 saturated heterocycles. The molecule has 3 heterocycles. The van der Waals surface area contributed by atoms with Crippen LogP contribution < -0.4 is 5.69 Å². The normalized spacial score (nSPS) is 15.2. The molecule has 0 radical (unpaired) electrons. The second kappa shape index (κ2) is 8.10. The number of carbonyl (C=O) groups is 1. The smallest absolute Gasteiger partial charge is 0.326 e. The van der Waals surface area contributed by atoms with Crippen LogP contribution in [0, 0.1) is 0 Å². The Morgan fingerprint density at radius 2 is 1.77 bits per heavy atom. The van der Waals surface area contributed by atoms with Gasteiger partial charge in [-0.15, -0.1) is 0 Å². The molecule has 0 atom stereocenters. The highest BCUT2D eigenvalue weighted by molar-refractivity contribution is 5.91. The Hall–Kier alpha value is -3.87. The van der Waals surface area contributed by atoms with Crippen LogP contribution in [0.15, 0.2) is 77.9 Å². The van der Waals surface area contributed by atoms with E-state index >= 15 is 0 Å². The maximum Gasteiger partial charge on any atom is 0.326 e. The summed E-state index contributed by atoms with van der Waals surface area (Å²) in [5, 5.41) is 4.35. The number of likely N-dealkylation sites (tertiary alicyclic amines) is 1. The fraction of sp³-hybridized carbons (Fsp3) is 0.208. The first-order valence-corrected chi connectivity index (χ1v) is 10.5. The number of para-hydroxylation sites is 3. The van der Waals surface area contributed by atoms with Gasteiger partial charge in [-0.2, -0.15) is 5.10 Å². The van der Waals surface area contributed by atoms with Gasteiger partial charge in [-0.3, -0.25) is 9.36 Å². The number of nitrogens with zero attached hydrogens (tertiary/aromatic N) is 4. The lowest BCUT2D eigenvalue weighted by molar-refractivity contribution is -0.127. The quantitative estimate of drug-likeness (QED) is 0.521. The van der Waals surface area contributed by atoms with E-state index < -0.39 is 0 Å². The summed E-state index contributed by atoms with van der Waals surface area (Å²) in [5.74, 6) is -0.0165. The van der Waals surface area contributed by atoms with Gasteiger partial charge in [0.15, 0.2) is 0 Å². The third kappa shape index (κ3) is 3.82. The number of piperidine rings is 1. The van der Waals surface area contributed by atoms with E-state index in [2.05, 4.69) is 10.1 Å². The summed E-state index contributed by atoms with van der Waals surface area (Å²) < 4.78 is 3.62. The van der Waals surface area contributed by atoms with E-state index in [1.54, 1.807) is 23.0 Å². The minimum Gasteiger partial charge on any atom is -0.339 e. The summed E-state index contributed by atoms with van der Waals surface area (Å²) in [6.45, 7) is 1.26. The van der Waals surface area contributed by atoms with Crippen molar-refractivity contribution in [2.75, 3.05) is 13.1 Å². The molecule has 1 aliphatic rings. The molecule has 0 bridgehead atoms. The monoisotopic (exact) mass is 413 g/mol. The number of aromatic nitrogens is 4. The van der Waals surface area contributed by atoms with Gasteiger partial charge in [-0.1, -0.05) is 30.3 Å². The van der Waals surface area contributed by atoms with E-state index in [1.807, 2.05) is 70.3 Å². The zero-order valence-corrected chi connectivity index (χ0v) is 17.0. The van der Waals surface area contributed by atoms with Crippen molar-refractivity contribution in [3.05, 3.63) is 89.1 Å². The van der Waals surface area contributed by atoms with Crippen molar-refractivity contribution in [1.82, 2.24) is 24.2 Å². The van der Waals surface area contributed by atoms with E-state index in [9.17, 15) is 9.59 Å². The van der Waals surface area contributed by atoms with Crippen LogP contribution in [0.2, 0.25) is 0 Å². The van der Waals surface area contributed by atoms with Crippen LogP contribution in [0.5, 0.6) is 0 Å². The number of benzene rings is 2. The van der Waals surface area contributed by atoms with Gasteiger partial charge in [0.25, 0.3) is 0 Å². The lowest BCUT2D eigenvalue weighted by Crippen LogP contribution is -2.39. The number of hydrogen-bond acceptors (Lipinski definition) is 3. The second-order valence-electron chi connectivity index (χ2n) is 7.76. The van der Waals surface area contributed by atoms with Gasteiger partial charge in [0.05, 0.1) is 22.9 Å². The summed E-state index contributed by atoms with van der Waals surface area (Å²) in [7, 11) is 0. The van der Waals surface area contributed by atoms with Crippen LogP contribution in [0.25, 0.3) is 22.8 Å². The third-order valence-electron chi connectivity index (χ3n) is 5.81. The number of H-pyrrole nitrogens is 1. The molecule has 7 heteroatoms.